The number of halogens is 1. The van der Waals surface area contributed by atoms with Crippen LogP contribution >= 0.6 is 0 Å². The Kier molecular flexibility index (Phi) is 6.34. The molecule has 10 heteroatoms. The molecular formula is C23H24FN7O2. The van der Waals surface area contributed by atoms with Crippen molar-refractivity contribution in [3.63, 3.8) is 0 Å². The first kappa shape index (κ1) is 22.0. The Bertz CT molecular complexity index is 1300. The maximum Gasteiger partial charge on any atom is 0.248 e. The number of fused-ring (bicyclic) bond motifs is 1. The van der Waals surface area contributed by atoms with E-state index in [0.717, 1.165) is 12.2 Å². The Morgan fingerprint density at radius 2 is 2.15 bits per heavy atom. The van der Waals surface area contributed by atoms with E-state index in [1.165, 1.54) is 24.3 Å². The van der Waals surface area contributed by atoms with Crippen LogP contribution in [0.2, 0.25) is 0 Å². The number of nitrogens with zero attached hydrogens (tertiary/aromatic N) is 5. The van der Waals surface area contributed by atoms with Gasteiger partial charge in [0.2, 0.25) is 11.8 Å². The third-order valence-electron chi connectivity index (χ3n) is 4.63. The Balaban J connectivity index is 1.59. The third-order valence-corrected chi connectivity index (χ3v) is 4.63. The SMILES string of the molecule is C=CC(=O)CNc1ccc(F)c(Oc2nc(Nc3cnn(CC(C)C)c3)nn3cccc23)c1. The van der Waals surface area contributed by atoms with Crippen LogP contribution in [0.5, 0.6) is 11.6 Å². The summed E-state index contributed by atoms with van der Waals surface area (Å²) in [5, 5.41) is 14.8. The molecule has 0 aliphatic heterocycles. The standard InChI is InChI=1S/C23H24FN7O2/c1-4-18(32)12-25-16-7-8-19(24)21(10-16)33-22-20-6-5-9-31(20)29-23(28-22)27-17-11-26-30(14-17)13-15(2)3/h4-11,14-15,25H,1,12-13H2,2-3H3,(H,27,29). The smallest absolute Gasteiger partial charge is 0.248 e. The van der Waals surface area contributed by atoms with E-state index in [9.17, 15) is 9.18 Å². The summed E-state index contributed by atoms with van der Waals surface area (Å²) in [5.74, 6) is 0.112. The van der Waals surface area contributed by atoms with Crippen LogP contribution in [0.1, 0.15) is 13.8 Å². The lowest BCUT2D eigenvalue weighted by Gasteiger charge is -2.11. The van der Waals surface area contributed by atoms with Gasteiger partial charge in [-0.15, -0.1) is 5.10 Å². The molecule has 170 valence electrons. The molecule has 0 spiro atoms. The molecule has 0 bridgehead atoms. The molecule has 4 rings (SSSR count). The van der Waals surface area contributed by atoms with Crippen molar-refractivity contribution in [3.05, 3.63) is 67.4 Å². The van der Waals surface area contributed by atoms with Crippen molar-refractivity contribution in [3.8, 4) is 11.6 Å². The fourth-order valence-electron chi connectivity index (χ4n) is 3.12. The Hall–Kier alpha value is -4.21. The molecule has 0 amide bonds. The summed E-state index contributed by atoms with van der Waals surface area (Å²) in [4.78, 5) is 15.9. The van der Waals surface area contributed by atoms with Crippen LogP contribution in [-0.4, -0.2) is 36.7 Å². The second-order valence-corrected chi connectivity index (χ2v) is 7.82. The van der Waals surface area contributed by atoms with Gasteiger partial charge in [-0.1, -0.05) is 20.4 Å². The van der Waals surface area contributed by atoms with E-state index < -0.39 is 5.82 Å². The van der Waals surface area contributed by atoms with Gasteiger partial charge in [-0.05, 0) is 36.3 Å². The summed E-state index contributed by atoms with van der Waals surface area (Å²) < 4.78 is 23.8. The number of carbonyl (C=O) groups excluding carboxylic acids is 1. The fraction of sp³-hybridized carbons (Fsp3) is 0.217. The van der Waals surface area contributed by atoms with E-state index in [-0.39, 0.29) is 29.9 Å². The molecule has 0 saturated heterocycles. The van der Waals surface area contributed by atoms with E-state index in [0.29, 0.717) is 17.1 Å². The van der Waals surface area contributed by atoms with Gasteiger partial charge in [0, 0.05) is 30.7 Å². The summed E-state index contributed by atoms with van der Waals surface area (Å²) >= 11 is 0. The van der Waals surface area contributed by atoms with Crippen molar-refractivity contribution in [1.82, 2.24) is 24.4 Å². The van der Waals surface area contributed by atoms with Gasteiger partial charge in [-0.25, -0.2) is 8.91 Å². The fourth-order valence-corrected chi connectivity index (χ4v) is 3.12. The average Bonchev–Trinajstić information content (AvgIpc) is 3.43. The van der Waals surface area contributed by atoms with Gasteiger partial charge in [0.15, 0.2) is 17.3 Å². The molecule has 9 nitrogen and oxygen atoms in total. The van der Waals surface area contributed by atoms with Crippen molar-refractivity contribution in [1.29, 1.82) is 0 Å². The predicted octanol–water partition coefficient (Wildman–Crippen LogP) is 4.42. The van der Waals surface area contributed by atoms with Crippen LogP contribution in [0.3, 0.4) is 0 Å². The zero-order chi connectivity index (χ0) is 23.4. The quantitative estimate of drug-likeness (QED) is 0.346. The first-order valence-corrected chi connectivity index (χ1v) is 10.4. The second kappa shape index (κ2) is 9.51. The number of benzene rings is 1. The van der Waals surface area contributed by atoms with Crippen molar-refractivity contribution in [2.75, 3.05) is 17.2 Å². The van der Waals surface area contributed by atoms with Gasteiger partial charge in [-0.2, -0.15) is 10.1 Å². The lowest BCUT2D eigenvalue weighted by atomic mass is 10.2. The van der Waals surface area contributed by atoms with Gasteiger partial charge in [0.05, 0.1) is 18.4 Å². The molecule has 4 aromatic rings. The summed E-state index contributed by atoms with van der Waals surface area (Å²) in [5.41, 5.74) is 1.81. The van der Waals surface area contributed by atoms with Gasteiger partial charge >= 0.3 is 0 Å². The molecule has 0 aliphatic rings. The minimum atomic E-state index is -0.566. The number of ether oxygens (including phenoxy) is 1. The number of hydrogen-bond donors (Lipinski definition) is 2. The summed E-state index contributed by atoms with van der Waals surface area (Å²) in [6.07, 6.45) is 6.51. The largest absolute Gasteiger partial charge is 0.434 e. The first-order chi connectivity index (χ1) is 15.9. The van der Waals surface area contributed by atoms with Crippen molar-refractivity contribution >= 4 is 28.6 Å². The molecule has 2 N–H and O–H groups in total. The molecule has 0 aliphatic carbocycles. The van der Waals surface area contributed by atoms with Crippen LogP contribution in [-0.2, 0) is 11.3 Å². The topological polar surface area (TPSA) is 98.4 Å². The van der Waals surface area contributed by atoms with E-state index >= 15 is 0 Å². The summed E-state index contributed by atoms with van der Waals surface area (Å²) in [6, 6.07) is 7.80. The number of rotatable bonds is 10. The van der Waals surface area contributed by atoms with Gasteiger partial charge in [0.25, 0.3) is 0 Å². The van der Waals surface area contributed by atoms with Crippen molar-refractivity contribution in [2.24, 2.45) is 5.92 Å². The average molecular weight is 449 g/mol. The molecule has 0 saturated carbocycles. The van der Waals surface area contributed by atoms with Gasteiger partial charge in [0.1, 0.15) is 5.52 Å². The first-order valence-electron chi connectivity index (χ1n) is 10.4. The zero-order valence-electron chi connectivity index (χ0n) is 18.3. The molecular weight excluding hydrogens is 425 g/mol. The summed E-state index contributed by atoms with van der Waals surface area (Å²) in [7, 11) is 0. The van der Waals surface area contributed by atoms with E-state index in [1.807, 2.05) is 10.9 Å². The zero-order valence-corrected chi connectivity index (χ0v) is 18.3. The lowest BCUT2D eigenvalue weighted by molar-refractivity contribution is -0.113. The lowest BCUT2D eigenvalue weighted by Crippen LogP contribution is -2.11. The minimum Gasteiger partial charge on any atom is -0.434 e. The van der Waals surface area contributed by atoms with E-state index in [2.05, 4.69) is 46.2 Å². The van der Waals surface area contributed by atoms with Gasteiger partial charge < -0.3 is 15.4 Å². The number of nitrogens with one attached hydrogen (secondary N) is 2. The highest BCUT2D eigenvalue weighted by Crippen LogP contribution is 2.30. The Labute approximate surface area is 189 Å². The van der Waals surface area contributed by atoms with Gasteiger partial charge in [-0.3, -0.25) is 9.48 Å². The van der Waals surface area contributed by atoms with Crippen LogP contribution in [0, 0.1) is 11.7 Å². The van der Waals surface area contributed by atoms with Crippen molar-refractivity contribution in [2.45, 2.75) is 20.4 Å². The van der Waals surface area contributed by atoms with Crippen LogP contribution in [0.25, 0.3) is 5.52 Å². The Morgan fingerprint density at radius 3 is 2.94 bits per heavy atom. The normalized spacial score (nSPS) is 11.0. The predicted molar refractivity (Wildman–Crippen MR) is 124 cm³/mol. The molecule has 0 atom stereocenters. The highest BCUT2D eigenvalue weighted by molar-refractivity contribution is 5.92. The third kappa shape index (κ3) is 5.35. The number of carbonyl (C=O) groups is 1. The highest BCUT2D eigenvalue weighted by atomic mass is 19.1. The molecule has 0 fully saturated rings. The molecule has 33 heavy (non-hydrogen) atoms. The van der Waals surface area contributed by atoms with Crippen LogP contribution in [0.15, 0.2) is 61.6 Å². The number of ketones is 1. The number of aromatic nitrogens is 5. The minimum absolute atomic E-state index is 0.0384. The molecule has 0 unspecified atom stereocenters. The summed E-state index contributed by atoms with van der Waals surface area (Å²) in [6.45, 7) is 8.49. The van der Waals surface area contributed by atoms with Crippen LogP contribution < -0.4 is 15.4 Å². The van der Waals surface area contributed by atoms with E-state index in [1.54, 1.807) is 29.0 Å². The maximum absolute atomic E-state index is 14.5. The van der Waals surface area contributed by atoms with E-state index in [4.69, 9.17) is 4.74 Å². The maximum atomic E-state index is 14.5. The Morgan fingerprint density at radius 1 is 1.30 bits per heavy atom. The van der Waals surface area contributed by atoms with Crippen molar-refractivity contribution < 1.29 is 13.9 Å². The second-order valence-electron chi connectivity index (χ2n) is 7.82. The number of anilines is 3. The molecule has 3 aromatic heterocycles. The monoisotopic (exact) mass is 449 g/mol. The highest BCUT2D eigenvalue weighted by Gasteiger charge is 2.14. The molecule has 0 radical (unpaired) electrons. The molecule has 1 aromatic carbocycles. The van der Waals surface area contributed by atoms with Crippen LogP contribution in [0.4, 0.5) is 21.7 Å². The molecule has 3 heterocycles. The number of hydrogen-bond acceptors (Lipinski definition) is 7.